The minimum atomic E-state index is 0. The molecule has 3 nitrogen and oxygen atoms in total. The molecule has 0 aliphatic heterocycles. The zero-order valence-corrected chi connectivity index (χ0v) is 8.82. The van der Waals surface area contributed by atoms with Crippen molar-refractivity contribution in [2.24, 2.45) is 0 Å². The number of aliphatic hydroxyl groups is 1. The number of ketones is 1. The Hall–Kier alpha value is -0.540. The third-order valence-electron chi connectivity index (χ3n) is 2.03. The van der Waals surface area contributed by atoms with Gasteiger partial charge in [-0.15, -0.1) is 0 Å². The van der Waals surface area contributed by atoms with Gasteiger partial charge in [-0.25, -0.2) is 0 Å². The predicted octanol–water partition coefficient (Wildman–Crippen LogP) is -3.30. The molecule has 0 amide bonds. The van der Waals surface area contributed by atoms with Crippen LogP contribution in [0.5, 0.6) is 0 Å². The number of carbonyl (C=O) groups excluding carboxylic acids is 1. The zero-order chi connectivity index (χ0) is 9.14. The summed E-state index contributed by atoms with van der Waals surface area (Å²) in [6, 6.07) is 0. The number of quaternary nitrogens is 1. The highest BCUT2D eigenvalue weighted by atomic mass is 35.5. The van der Waals surface area contributed by atoms with Crippen molar-refractivity contribution in [3.63, 3.8) is 0 Å². The van der Waals surface area contributed by atoms with E-state index in [0.29, 0.717) is 30.7 Å². The van der Waals surface area contributed by atoms with Gasteiger partial charge < -0.3 is 22.4 Å². The van der Waals surface area contributed by atoms with E-state index in [1.54, 1.807) is 0 Å². The van der Waals surface area contributed by atoms with Crippen molar-refractivity contribution in [3.05, 3.63) is 11.3 Å². The van der Waals surface area contributed by atoms with Crippen molar-refractivity contribution in [2.75, 3.05) is 20.6 Å². The van der Waals surface area contributed by atoms with Gasteiger partial charge in [-0.3, -0.25) is 4.79 Å². The quantitative estimate of drug-likeness (QED) is 0.496. The maximum atomic E-state index is 11.3. The summed E-state index contributed by atoms with van der Waals surface area (Å²) in [6.45, 7) is 0.644. The average molecular weight is 206 g/mol. The van der Waals surface area contributed by atoms with E-state index in [0.717, 1.165) is 6.42 Å². The Labute approximate surface area is 84.8 Å². The van der Waals surface area contributed by atoms with Crippen LogP contribution in [0.4, 0.5) is 0 Å². The number of aliphatic hydroxyl groups excluding tert-OH is 1. The van der Waals surface area contributed by atoms with Gasteiger partial charge in [0.2, 0.25) is 0 Å². The highest BCUT2D eigenvalue weighted by Gasteiger charge is 2.21. The fourth-order valence-electron chi connectivity index (χ4n) is 1.43. The summed E-state index contributed by atoms with van der Waals surface area (Å²) in [5.41, 5.74) is 0.640. The van der Waals surface area contributed by atoms with E-state index < -0.39 is 0 Å². The molecule has 76 valence electrons. The molecular formula is C9H16ClNO2. The molecule has 0 saturated heterocycles. The Morgan fingerprint density at radius 1 is 1.38 bits per heavy atom. The lowest BCUT2D eigenvalue weighted by Crippen LogP contribution is -3.06. The first-order valence-corrected chi connectivity index (χ1v) is 4.34. The Balaban J connectivity index is 0.00000144. The summed E-state index contributed by atoms with van der Waals surface area (Å²) >= 11 is 0. The standard InChI is InChI=1S/C9H15NO2.ClH/c1-10(2)6-7-8(11)4-3-5-9(7)12;/h11H,3-6H2,1-2H3;1H. The molecule has 0 aromatic rings. The van der Waals surface area contributed by atoms with Crippen molar-refractivity contribution in [3.8, 4) is 0 Å². The maximum Gasteiger partial charge on any atom is 0.167 e. The van der Waals surface area contributed by atoms with Gasteiger partial charge in [-0.2, -0.15) is 0 Å². The molecule has 0 unspecified atom stereocenters. The van der Waals surface area contributed by atoms with E-state index in [-0.39, 0.29) is 18.2 Å². The van der Waals surface area contributed by atoms with E-state index in [2.05, 4.69) is 0 Å². The highest BCUT2D eigenvalue weighted by molar-refractivity contribution is 5.96. The topological polar surface area (TPSA) is 41.7 Å². The molecule has 0 aromatic heterocycles. The summed E-state index contributed by atoms with van der Waals surface area (Å²) in [5, 5.41) is 9.43. The minimum absolute atomic E-state index is 0. The first-order valence-electron chi connectivity index (χ1n) is 4.34. The first-order chi connectivity index (χ1) is 5.61. The van der Waals surface area contributed by atoms with Crippen LogP contribution in [0.2, 0.25) is 0 Å². The zero-order valence-electron chi connectivity index (χ0n) is 8.06. The number of nitrogens with one attached hydrogen (secondary N) is 1. The third-order valence-corrected chi connectivity index (χ3v) is 2.03. The van der Waals surface area contributed by atoms with E-state index in [9.17, 15) is 9.90 Å². The van der Waals surface area contributed by atoms with Crippen LogP contribution in [0.1, 0.15) is 19.3 Å². The molecule has 4 heteroatoms. The van der Waals surface area contributed by atoms with Crippen molar-refractivity contribution in [1.82, 2.24) is 0 Å². The van der Waals surface area contributed by atoms with Gasteiger partial charge in [0, 0.05) is 12.8 Å². The van der Waals surface area contributed by atoms with Crippen LogP contribution in [-0.2, 0) is 4.79 Å². The molecule has 0 bridgehead atoms. The van der Waals surface area contributed by atoms with Gasteiger partial charge in [0.25, 0.3) is 0 Å². The SMILES string of the molecule is C[NH+](C)CC1=C(O)CCCC1=O.[Cl-]. The number of hydrogen-bond donors (Lipinski definition) is 2. The van der Waals surface area contributed by atoms with Crippen molar-refractivity contribution in [1.29, 1.82) is 0 Å². The molecule has 0 radical (unpaired) electrons. The molecule has 0 saturated carbocycles. The number of halogens is 1. The number of hydrogen-bond acceptors (Lipinski definition) is 2. The summed E-state index contributed by atoms with van der Waals surface area (Å²) in [7, 11) is 3.95. The van der Waals surface area contributed by atoms with Crippen molar-refractivity contribution < 1.29 is 27.2 Å². The van der Waals surface area contributed by atoms with Crippen LogP contribution in [0.15, 0.2) is 11.3 Å². The number of likely N-dealkylation sites (N-methyl/N-ethyl adjacent to an activating group) is 1. The van der Waals surface area contributed by atoms with Crippen LogP contribution in [0, 0.1) is 0 Å². The Kier molecular flexibility index (Phi) is 5.03. The van der Waals surface area contributed by atoms with Crippen LogP contribution in [0.3, 0.4) is 0 Å². The Morgan fingerprint density at radius 2 is 2.00 bits per heavy atom. The van der Waals surface area contributed by atoms with Gasteiger partial charge in [0.1, 0.15) is 12.3 Å². The first kappa shape index (κ1) is 12.5. The molecule has 0 aromatic carbocycles. The molecule has 0 heterocycles. The molecule has 0 spiro atoms. The van der Waals surface area contributed by atoms with Crippen molar-refractivity contribution in [2.45, 2.75) is 19.3 Å². The molecule has 13 heavy (non-hydrogen) atoms. The Bertz CT molecular complexity index is 224. The van der Waals surface area contributed by atoms with E-state index >= 15 is 0 Å². The van der Waals surface area contributed by atoms with Gasteiger partial charge in [-0.05, 0) is 6.42 Å². The van der Waals surface area contributed by atoms with Crippen molar-refractivity contribution >= 4 is 5.78 Å². The minimum Gasteiger partial charge on any atom is -1.00 e. The number of Topliss-reactive ketones (excluding diaryl/α,β-unsaturated/α-hetero) is 1. The fourth-order valence-corrected chi connectivity index (χ4v) is 1.43. The molecule has 0 atom stereocenters. The maximum absolute atomic E-state index is 11.3. The second-order valence-corrected chi connectivity index (χ2v) is 3.59. The predicted molar refractivity (Wildman–Crippen MR) is 46.2 cm³/mol. The molecule has 1 aliphatic carbocycles. The van der Waals surface area contributed by atoms with E-state index in [1.807, 2.05) is 14.1 Å². The number of allylic oxidation sites excluding steroid dienone is 1. The van der Waals surface area contributed by atoms with E-state index in [4.69, 9.17) is 0 Å². The number of rotatable bonds is 2. The second-order valence-electron chi connectivity index (χ2n) is 3.59. The van der Waals surface area contributed by atoms with Crippen LogP contribution in [0.25, 0.3) is 0 Å². The Morgan fingerprint density at radius 3 is 2.46 bits per heavy atom. The summed E-state index contributed by atoms with van der Waals surface area (Å²) < 4.78 is 0. The number of carbonyl (C=O) groups is 1. The lowest BCUT2D eigenvalue weighted by atomic mass is 9.96. The van der Waals surface area contributed by atoms with Gasteiger partial charge in [0.15, 0.2) is 5.78 Å². The summed E-state index contributed by atoms with van der Waals surface area (Å²) in [5.74, 6) is 0.437. The third kappa shape index (κ3) is 3.36. The monoisotopic (exact) mass is 205 g/mol. The molecular weight excluding hydrogens is 190 g/mol. The van der Waals surface area contributed by atoms with Gasteiger partial charge >= 0.3 is 0 Å². The van der Waals surface area contributed by atoms with Crippen LogP contribution in [-0.4, -0.2) is 31.5 Å². The summed E-state index contributed by atoms with van der Waals surface area (Å²) in [4.78, 5) is 12.5. The average Bonchev–Trinajstić information content (AvgIpc) is 1.97. The normalized spacial score (nSPS) is 17.6. The summed E-state index contributed by atoms with van der Waals surface area (Å²) in [6.07, 6.45) is 2.08. The lowest BCUT2D eigenvalue weighted by Gasteiger charge is -2.16. The molecule has 1 aliphatic rings. The lowest BCUT2D eigenvalue weighted by molar-refractivity contribution is -0.852. The molecule has 0 fully saturated rings. The van der Waals surface area contributed by atoms with Gasteiger partial charge in [0.05, 0.1) is 19.7 Å². The molecule has 1 rings (SSSR count). The fraction of sp³-hybridized carbons (Fsp3) is 0.667. The smallest absolute Gasteiger partial charge is 0.167 e. The van der Waals surface area contributed by atoms with Crippen LogP contribution >= 0.6 is 0 Å². The molecule has 2 N–H and O–H groups in total. The second kappa shape index (κ2) is 5.25. The highest BCUT2D eigenvalue weighted by Crippen LogP contribution is 2.18. The van der Waals surface area contributed by atoms with Crippen LogP contribution < -0.4 is 17.3 Å². The van der Waals surface area contributed by atoms with Gasteiger partial charge in [-0.1, -0.05) is 0 Å². The van der Waals surface area contributed by atoms with E-state index in [1.165, 1.54) is 4.90 Å². The largest absolute Gasteiger partial charge is 1.00 e.